The second-order valence-electron chi connectivity index (χ2n) is 3.85. The second-order valence-corrected chi connectivity index (χ2v) is 5.70. The average Bonchev–Trinajstić information content (AvgIpc) is 2.45. The molecule has 1 amide bonds. The maximum absolute atomic E-state index is 11.9. The monoisotopic (exact) mass is 298 g/mol. The summed E-state index contributed by atoms with van der Waals surface area (Å²) in [5, 5.41) is 2.61. The molecule has 0 aliphatic carbocycles. The Kier molecular flexibility index (Phi) is 5.72. The van der Waals surface area contributed by atoms with E-state index < -0.39 is 10.0 Å². The fourth-order valence-electron chi connectivity index (χ4n) is 1.52. The van der Waals surface area contributed by atoms with E-state index in [0.717, 1.165) is 0 Å². The summed E-state index contributed by atoms with van der Waals surface area (Å²) in [5.74, 6) is 0.0100. The van der Waals surface area contributed by atoms with Gasteiger partial charge in [-0.25, -0.2) is 13.1 Å². The molecule has 110 valence electrons. The van der Waals surface area contributed by atoms with Crippen LogP contribution in [0.2, 0.25) is 0 Å². The van der Waals surface area contributed by atoms with E-state index in [4.69, 9.17) is 4.74 Å². The smallest absolute Gasteiger partial charge is 0.244 e. The molecule has 6 nitrogen and oxygen atoms in total. The number of likely N-dealkylation sites (N-methyl/N-ethyl adjacent to an activating group) is 1. The summed E-state index contributed by atoms with van der Waals surface area (Å²) in [4.78, 5) is 11.4. The molecule has 0 saturated heterocycles. The molecule has 0 aliphatic rings. The third kappa shape index (κ3) is 4.07. The lowest BCUT2D eigenvalue weighted by molar-refractivity contribution is -0.116. The first kappa shape index (κ1) is 16.2. The first-order valence-corrected chi connectivity index (χ1v) is 7.50. The number of nitrogens with one attached hydrogen (secondary N) is 2. The number of hydrogen-bond donors (Lipinski definition) is 2. The van der Waals surface area contributed by atoms with Crippen LogP contribution in [0.15, 0.2) is 29.2 Å². The fourth-order valence-corrected chi connectivity index (χ4v) is 2.45. The molecule has 0 aromatic heterocycles. The predicted molar refractivity (Wildman–Crippen MR) is 77.0 cm³/mol. The number of amides is 1. The van der Waals surface area contributed by atoms with Gasteiger partial charge >= 0.3 is 0 Å². The summed E-state index contributed by atoms with van der Waals surface area (Å²) in [5.41, 5.74) is 0.589. The number of hydrogen-bond acceptors (Lipinski definition) is 4. The predicted octanol–water partition coefficient (Wildman–Crippen LogP) is 0.753. The second kappa shape index (κ2) is 7.06. The maximum atomic E-state index is 11.9. The van der Waals surface area contributed by atoms with Crippen LogP contribution in [0.5, 0.6) is 5.75 Å². The molecule has 0 radical (unpaired) electrons. The Hall–Kier alpha value is -1.86. The van der Waals surface area contributed by atoms with Crippen LogP contribution in [0.1, 0.15) is 12.5 Å². The van der Waals surface area contributed by atoms with E-state index in [0.29, 0.717) is 12.1 Å². The van der Waals surface area contributed by atoms with Gasteiger partial charge in [0.2, 0.25) is 15.9 Å². The van der Waals surface area contributed by atoms with Crippen LogP contribution >= 0.6 is 0 Å². The Bertz CT molecular complexity index is 609. The number of ether oxygens (including phenoxy) is 1. The van der Waals surface area contributed by atoms with Gasteiger partial charge in [0.05, 0.1) is 7.11 Å². The number of carbonyl (C=O) groups excluding carboxylic acids is 1. The van der Waals surface area contributed by atoms with Crippen LogP contribution in [-0.2, 0) is 14.8 Å². The lowest BCUT2D eigenvalue weighted by Crippen LogP contribution is -2.20. The molecule has 0 unspecified atom stereocenters. The lowest BCUT2D eigenvalue weighted by atomic mass is 10.2. The first-order valence-electron chi connectivity index (χ1n) is 6.02. The van der Waals surface area contributed by atoms with Crippen molar-refractivity contribution in [2.45, 2.75) is 11.8 Å². The van der Waals surface area contributed by atoms with Gasteiger partial charge in [0, 0.05) is 12.6 Å². The lowest BCUT2D eigenvalue weighted by Gasteiger charge is -2.09. The van der Waals surface area contributed by atoms with Crippen molar-refractivity contribution in [1.82, 2.24) is 10.0 Å². The standard InChI is InChI=1S/C13H18N2O4S/c1-4-15-13(16)8-6-10-5-7-11(19-3)12(9-10)20(17,18)14-2/h5-9,14H,4H2,1-3H3,(H,15,16). The minimum Gasteiger partial charge on any atom is -0.495 e. The quantitative estimate of drug-likeness (QED) is 0.759. The van der Waals surface area contributed by atoms with Crippen LogP contribution in [0.25, 0.3) is 6.08 Å². The molecule has 20 heavy (non-hydrogen) atoms. The molecule has 0 saturated carbocycles. The zero-order chi connectivity index (χ0) is 15.2. The van der Waals surface area contributed by atoms with Gasteiger partial charge in [0.15, 0.2) is 0 Å². The normalized spacial score (nSPS) is 11.6. The molecule has 0 heterocycles. The van der Waals surface area contributed by atoms with Crippen molar-refractivity contribution < 1.29 is 17.9 Å². The Balaban J connectivity index is 3.14. The Morgan fingerprint density at radius 2 is 2.10 bits per heavy atom. The minimum atomic E-state index is -3.62. The van der Waals surface area contributed by atoms with Crippen molar-refractivity contribution in [3.63, 3.8) is 0 Å². The topological polar surface area (TPSA) is 84.5 Å². The first-order chi connectivity index (χ1) is 9.44. The molecule has 2 N–H and O–H groups in total. The van der Waals surface area contributed by atoms with Crippen LogP contribution in [-0.4, -0.2) is 35.0 Å². The summed E-state index contributed by atoms with van der Waals surface area (Å²) in [6.07, 6.45) is 2.89. The molecule has 0 aliphatic heterocycles. The van der Waals surface area contributed by atoms with Gasteiger partial charge < -0.3 is 10.1 Å². The van der Waals surface area contributed by atoms with E-state index in [1.807, 2.05) is 6.92 Å². The molecule has 0 atom stereocenters. The molecule has 1 aromatic carbocycles. The summed E-state index contributed by atoms with van der Waals surface area (Å²) in [7, 11) is -0.899. The van der Waals surface area contributed by atoms with Gasteiger partial charge in [-0.1, -0.05) is 6.07 Å². The number of rotatable bonds is 6. The highest BCUT2D eigenvalue weighted by Crippen LogP contribution is 2.25. The zero-order valence-corrected chi connectivity index (χ0v) is 12.5. The number of carbonyl (C=O) groups is 1. The van der Waals surface area contributed by atoms with E-state index in [1.165, 1.54) is 26.3 Å². The van der Waals surface area contributed by atoms with Crippen molar-refractivity contribution in [3.8, 4) is 5.75 Å². The van der Waals surface area contributed by atoms with Crippen LogP contribution in [0.3, 0.4) is 0 Å². The van der Waals surface area contributed by atoms with Crippen LogP contribution in [0, 0.1) is 0 Å². The van der Waals surface area contributed by atoms with Gasteiger partial charge in [-0.2, -0.15) is 0 Å². The van der Waals surface area contributed by atoms with Gasteiger partial charge in [-0.3, -0.25) is 4.79 Å². The van der Waals surface area contributed by atoms with Crippen molar-refractivity contribution in [2.75, 3.05) is 20.7 Å². The van der Waals surface area contributed by atoms with Gasteiger partial charge in [-0.15, -0.1) is 0 Å². The zero-order valence-electron chi connectivity index (χ0n) is 11.6. The molecule has 0 fully saturated rings. The highest BCUT2D eigenvalue weighted by molar-refractivity contribution is 7.89. The third-order valence-electron chi connectivity index (χ3n) is 2.52. The molecule has 1 aromatic rings. The molecule has 0 bridgehead atoms. The minimum absolute atomic E-state index is 0.0283. The Morgan fingerprint density at radius 1 is 1.40 bits per heavy atom. The van der Waals surface area contributed by atoms with Crippen molar-refractivity contribution in [2.24, 2.45) is 0 Å². The Morgan fingerprint density at radius 3 is 2.65 bits per heavy atom. The van der Waals surface area contributed by atoms with E-state index in [-0.39, 0.29) is 16.6 Å². The van der Waals surface area contributed by atoms with Crippen LogP contribution in [0.4, 0.5) is 0 Å². The summed E-state index contributed by atoms with van der Waals surface area (Å²) in [6, 6.07) is 4.66. The van der Waals surface area contributed by atoms with Crippen molar-refractivity contribution in [1.29, 1.82) is 0 Å². The molecule has 1 rings (SSSR count). The third-order valence-corrected chi connectivity index (χ3v) is 3.96. The summed E-state index contributed by atoms with van der Waals surface area (Å²) < 4.78 is 31.0. The highest BCUT2D eigenvalue weighted by atomic mass is 32.2. The summed E-state index contributed by atoms with van der Waals surface area (Å²) in [6.45, 7) is 2.35. The van der Waals surface area contributed by atoms with Crippen molar-refractivity contribution in [3.05, 3.63) is 29.8 Å². The van der Waals surface area contributed by atoms with E-state index >= 15 is 0 Å². The largest absolute Gasteiger partial charge is 0.495 e. The Labute approximate surface area is 118 Å². The molecule has 7 heteroatoms. The van der Waals surface area contributed by atoms with Gasteiger partial charge in [0.1, 0.15) is 10.6 Å². The molecular weight excluding hydrogens is 280 g/mol. The molecule has 0 spiro atoms. The average molecular weight is 298 g/mol. The number of methoxy groups -OCH3 is 1. The van der Waals surface area contributed by atoms with E-state index in [9.17, 15) is 13.2 Å². The fraction of sp³-hybridized carbons (Fsp3) is 0.308. The molecular formula is C13H18N2O4S. The SMILES string of the molecule is CCNC(=O)C=Cc1ccc(OC)c(S(=O)(=O)NC)c1. The maximum Gasteiger partial charge on any atom is 0.244 e. The van der Waals surface area contributed by atoms with Gasteiger partial charge in [-0.05, 0) is 37.7 Å². The summed E-state index contributed by atoms with van der Waals surface area (Å²) >= 11 is 0. The van der Waals surface area contributed by atoms with E-state index in [1.54, 1.807) is 18.2 Å². The number of sulfonamides is 1. The van der Waals surface area contributed by atoms with Gasteiger partial charge in [0.25, 0.3) is 0 Å². The van der Waals surface area contributed by atoms with Crippen LogP contribution < -0.4 is 14.8 Å². The number of benzene rings is 1. The highest BCUT2D eigenvalue weighted by Gasteiger charge is 2.17. The van der Waals surface area contributed by atoms with Crippen molar-refractivity contribution >= 4 is 22.0 Å². The van der Waals surface area contributed by atoms with E-state index in [2.05, 4.69) is 10.0 Å².